The first-order valence-corrected chi connectivity index (χ1v) is 7.49. The van der Waals surface area contributed by atoms with Crippen molar-refractivity contribution >= 4 is 6.09 Å². The fraction of sp³-hybridized carbons (Fsp3) is 0.933. The molecule has 2 saturated carbocycles. The van der Waals surface area contributed by atoms with Gasteiger partial charge < -0.3 is 9.64 Å². The van der Waals surface area contributed by atoms with Gasteiger partial charge in [0.25, 0.3) is 0 Å². The average molecular weight is 253 g/mol. The van der Waals surface area contributed by atoms with Crippen LogP contribution in [0.3, 0.4) is 0 Å². The monoisotopic (exact) mass is 253 g/mol. The fourth-order valence-electron chi connectivity index (χ4n) is 3.28. The van der Waals surface area contributed by atoms with Gasteiger partial charge in [-0.3, -0.25) is 0 Å². The lowest BCUT2D eigenvalue weighted by molar-refractivity contribution is 0.00600. The van der Waals surface area contributed by atoms with Gasteiger partial charge in [-0.2, -0.15) is 0 Å². The number of carbonyl (C=O) groups excluding carboxylic acids is 1. The maximum Gasteiger partial charge on any atom is 0.410 e. The predicted octanol–water partition coefficient (Wildman–Crippen LogP) is 4.11. The first-order chi connectivity index (χ1) is 8.47. The van der Waals surface area contributed by atoms with Crippen LogP contribution in [0.25, 0.3) is 0 Å². The molecule has 104 valence electrons. The quantitative estimate of drug-likeness (QED) is 0.741. The minimum atomic E-state index is -0.382. The van der Waals surface area contributed by atoms with Crippen molar-refractivity contribution in [1.29, 1.82) is 0 Å². The lowest BCUT2D eigenvalue weighted by Gasteiger charge is -2.36. The lowest BCUT2D eigenvalue weighted by Crippen LogP contribution is -2.47. The summed E-state index contributed by atoms with van der Waals surface area (Å²) in [4.78, 5) is 14.5. The van der Waals surface area contributed by atoms with Crippen molar-refractivity contribution in [3.8, 4) is 0 Å². The molecule has 0 heterocycles. The van der Waals surface area contributed by atoms with Crippen LogP contribution in [-0.4, -0.2) is 28.7 Å². The molecule has 0 aromatic rings. The Morgan fingerprint density at radius 2 is 1.33 bits per heavy atom. The first kappa shape index (κ1) is 13.7. The molecule has 0 unspecified atom stereocenters. The number of carbonyl (C=O) groups is 1. The van der Waals surface area contributed by atoms with Gasteiger partial charge in [0.1, 0.15) is 5.60 Å². The number of hydrogen-bond acceptors (Lipinski definition) is 2. The Hall–Kier alpha value is -0.730. The molecule has 0 radical (unpaired) electrons. The SMILES string of the molecule is CC(C)(C)OC(=O)N(C1CCCC1)C1CCCC1. The third kappa shape index (κ3) is 3.39. The van der Waals surface area contributed by atoms with Gasteiger partial charge in [-0.15, -0.1) is 0 Å². The van der Waals surface area contributed by atoms with Crippen LogP contribution in [0.5, 0.6) is 0 Å². The summed E-state index contributed by atoms with van der Waals surface area (Å²) in [7, 11) is 0. The van der Waals surface area contributed by atoms with E-state index in [-0.39, 0.29) is 11.7 Å². The molecule has 1 amide bonds. The Balaban J connectivity index is 2.05. The zero-order valence-corrected chi connectivity index (χ0v) is 12.1. The van der Waals surface area contributed by atoms with Crippen molar-refractivity contribution in [3.63, 3.8) is 0 Å². The highest BCUT2D eigenvalue weighted by Gasteiger charge is 2.36. The molecule has 2 rings (SSSR count). The van der Waals surface area contributed by atoms with Crippen molar-refractivity contribution in [2.24, 2.45) is 0 Å². The highest BCUT2D eigenvalue weighted by atomic mass is 16.6. The van der Waals surface area contributed by atoms with Crippen molar-refractivity contribution in [1.82, 2.24) is 4.90 Å². The topological polar surface area (TPSA) is 29.5 Å². The van der Waals surface area contributed by atoms with Gasteiger partial charge in [-0.1, -0.05) is 25.7 Å². The molecule has 0 atom stereocenters. The highest BCUT2D eigenvalue weighted by molar-refractivity contribution is 5.69. The van der Waals surface area contributed by atoms with E-state index in [1.54, 1.807) is 0 Å². The molecule has 0 aromatic heterocycles. The fourth-order valence-corrected chi connectivity index (χ4v) is 3.28. The normalized spacial score (nSPS) is 22.4. The maximum atomic E-state index is 12.4. The Kier molecular flexibility index (Phi) is 4.18. The van der Waals surface area contributed by atoms with Gasteiger partial charge in [-0.05, 0) is 46.5 Å². The van der Waals surface area contributed by atoms with Crippen LogP contribution >= 0.6 is 0 Å². The molecule has 2 fully saturated rings. The summed E-state index contributed by atoms with van der Waals surface area (Å²) in [6, 6.07) is 0.867. The van der Waals surface area contributed by atoms with E-state index in [4.69, 9.17) is 4.74 Å². The van der Waals surface area contributed by atoms with E-state index in [0.717, 1.165) is 25.7 Å². The minimum absolute atomic E-state index is 0.0821. The second kappa shape index (κ2) is 5.50. The zero-order chi connectivity index (χ0) is 13.2. The zero-order valence-electron chi connectivity index (χ0n) is 12.1. The number of nitrogens with zero attached hydrogens (tertiary/aromatic N) is 1. The molecular weight excluding hydrogens is 226 g/mol. The molecule has 3 nitrogen and oxygen atoms in total. The summed E-state index contributed by atoms with van der Waals surface area (Å²) < 4.78 is 5.61. The van der Waals surface area contributed by atoms with E-state index in [1.165, 1.54) is 25.7 Å². The Morgan fingerprint density at radius 3 is 1.67 bits per heavy atom. The molecule has 2 aliphatic rings. The molecule has 0 aromatic carbocycles. The van der Waals surface area contributed by atoms with Gasteiger partial charge in [0.05, 0.1) is 0 Å². The van der Waals surface area contributed by atoms with E-state index in [1.807, 2.05) is 20.8 Å². The number of rotatable bonds is 2. The van der Waals surface area contributed by atoms with Crippen molar-refractivity contribution < 1.29 is 9.53 Å². The smallest absolute Gasteiger partial charge is 0.410 e. The van der Waals surface area contributed by atoms with Gasteiger partial charge in [0.2, 0.25) is 0 Å². The van der Waals surface area contributed by atoms with Crippen LogP contribution in [0, 0.1) is 0 Å². The van der Waals surface area contributed by atoms with Crippen LogP contribution < -0.4 is 0 Å². The lowest BCUT2D eigenvalue weighted by atomic mass is 10.1. The van der Waals surface area contributed by atoms with E-state index in [9.17, 15) is 4.79 Å². The van der Waals surface area contributed by atoms with E-state index in [0.29, 0.717) is 12.1 Å². The van der Waals surface area contributed by atoms with Crippen LogP contribution in [0.4, 0.5) is 4.79 Å². The summed E-state index contributed by atoms with van der Waals surface area (Å²) in [5.41, 5.74) is -0.382. The molecule has 18 heavy (non-hydrogen) atoms. The van der Waals surface area contributed by atoms with Gasteiger partial charge >= 0.3 is 6.09 Å². The third-order valence-electron chi connectivity index (χ3n) is 4.04. The van der Waals surface area contributed by atoms with E-state index >= 15 is 0 Å². The molecule has 0 spiro atoms. The first-order valence-electron chi connectivity index (χ1n) is 7.49. The molecule has 0 aliphatic heterocycles. The number of hydrogen-bond donors (Lipinski definition) is 0. The molecule has 2 aliphatic carbocycles. The van der Waals surface area contributed by atoms with Crippen molar-refractivity contribution in [2.45, 2.75) is 89.8 Å². The molecule has 0 bridgehead atoms. The van der Waals surface area contributed by atoms with Gasteiger partial charge in [0.15, 0.2) is 0 Å². The summed E-state index contributed by atoms with van der Waals surface area (Å²) in [5, 5.41) is 0. The van der Waals surface area contributed by atoms with Crippen LogP contribution in [-0.2, 0) is 4.74 Å². The Bertz CT molecular complexity index is 267. The number of ether oxygens (including phenoxy) is 1. The summed E-state index contributed by atoms with van der Waals surface area (Å²) in [6.07, 6.45) is 9.61. The molecular formula is C15H27NO2. The standard InChI is InChI=1S/C15H27NO2/c1-15(2,3)18-14(17)16(12-8-4-5-9-12)13-10-6-7-11-13/h12-13H,4-11H2,1-3H3. The molecule has 0 N–H and O–H groups in total. The van der Waals surface area contributed by atoms with Gasteiger partial charge in [-0.25, -0.2) is 4.79 Å². The maximum absolute atomic E-state index is 12.4. The summed E-state index contributed by atoms with van der Waals surface area (Å²) in [5.74, 6) is 0. The van der Waals surface area contributed by atoms with Crippen LogP contribution in [0.15, 0.2) is 0 Å². The van der Waals surface area contributed by atoms with Crippen molar-refractivity contribution in [2.75, 3.05) is 0 Å². The summed E-state index contributed by atoms with van der Waals surface area (Å²) in [6.45, 7) is 5.85. The Labute approximate surface area is 111 Å². The minimum Gasteiger partial charge on any atom is -0.444 e. The number of amides is 1. The van der Waals surface area contributed by atoms with Crippen LogP contribution in [0.1, 0.15) is 72.1 Å². The highest BCUT2D eigenvalue weighted by Crippen LogP contribution is 2.32. The third-order valence-corrected chi connectivity index (χ3v) is 4.04. The average Bonchev–Trinajstić information content (AvgIpc) is 2.87. The van der Waals surface area contributed by atoms with E-state index < -0.39 is 0 Å². The largest absolute Gasteiger partial charge is 0.444 e. The Morgan fingerprint density at radius 1 is 0.944 bits per heavy atom. The molecule has 3 heteroatoms. The second-order valence-electron chi connectivity index (χ2n) is 6.76. The van der Waals surface area contributed by atoms with Gasteiger partial charge in [0, 0.05) is 12.1 Å². The predicted molar refractivity (Wildman–Crippen MR) is 72.6 cm³/mol. The molecule has 0 saturated heterocycles. The summed E-state index contributed by atoms with van der Waals surface area (Å²) >= 11 is 0. The van der Waals surface area contributed by atoms with E-state index in [2.05, 4.69) is 4.90 Å². The second-order valence-corrected chi connectivity index (χ2v) is 6.76. The van der Waals surface area contributed by atoms with Crippen molar-refractivity contribution in [3.05, 3.63) is 0 Å². The van der Waals surface area contributed by atoms with Crippen LogP contribution in [0.2, 0.25) is 0 Å².